The van der Waals surface area contributed by atoms with Crippen LogP contribution in [0.4, 0.5) is 5.25 Å². The molecular weight excluding hydrogens is 417 g/mol. The van der Waals surface area contributed by atoms with Crippen LogP contribution in [-0.4, -0.2) is 0 Å². The van der Waals surface area contributed by atoms with Gasteiger partial charge in [0.25, 0.3) is 0 Å². The normalized spacial score (nSPS) is 25.6. The van der Waals surface area contributed by atoms with Gasteiger partial charge in [0.1, 0.15) is 0 Å². The average molecular weight is 450 g/mol. The molecule has 0 fully saturated rings. The molecule has 0 bridgehead atoms. The van der Waals surface area contributed by atoms with E-state index in [2.05, 4.69) is 33.8 Å². The Balaban J connectivity index is 2.22. The van der Waals surface area contributed by atoms with Crippen LogP contribution in [0.25, 0.3) is 6.08 Å². The summed E-state index contributed by atoms with van der Waals surface area (Å²) < 4.78 is 31.9. The summed E-state index contributed by atoms with van der Waals surface area (Å²) in [5.41, 5.74) is 6.98. The first-order valence-corrected chi connectivity index (χ1v) is 14.7. The summed E-state index contributed by atoms with van der Waals surface area (Å²) >= 11 is -5.73. The van der Waals surface area contributed by atoms with E-state index in [1.807, 2.05) is 45.0 Å². The summed E-state index contributed by atoms with van der Waals surface area (Å²) in [6.07, 6.45) is 3.74. The van der Waals surface area contributed by atoms with Gasteiger partial charge in [-0.2, -0.15) is 0 Å². The van der Waals surface area contributed by atoms with Crippen LogP contribution in [-0.2, 0) is 21.5 Å². The van der Waals surface area contributed by atoms with Crippen molar-refractivity contribution in [1.82, 2.24) is 0 Å². The summed E-state index contributed by atoms with van der Waals surface area (Å²) in [5, 5.41) is 0. The van der Waals surface area contributed by atoms with Gasteiger partial charge in [-0.05, 0) is 0 Å². The molecule has 2 aliphatic carbocycles. The van der Waals surface area contributed by atoms with E-state index in [1.54, 1.807) is 0 Å². The van der Waals surface area contributed by atoms with Crippen LogP contribution in [0.3, 0.4) is 0 Å². The van der Waals surface area contributed by atoms with E-state index in [9.17, 15) is 0 Å². The van der Waals surface area contributed by atoms with Crippen LogP contribution in [0.1, 0.15) is 76.1 Å². The molecule has 3 heteroatoms. The van der Waals surface area contributed by atoms with Crippen LogP contribution < -0.4 is 0 Å². The molecule has 2 aliphatic rings. The summed E-state index contributed by atoms with van der Waals surface area (Å²) in [7, 11) is 0. The zero-order chi connectivity index (χ0) is 20.1. The van der Waals surface area contributed by atoms with Crippen molar-refractivity contribution in [2.75, 3.05) is 0 Å². The fourth-order valence-electron chi connectivity index (χ4n) is 5.16. The molecule has 0 saturated heterocycles. The minimum absolute atomic E-state index is 0.139. The monoisotopic (exact) mass is 448 g/mol. The first-order valence-electron chi connectivity index (χ1n) is 10.2. The fourth-order valence-corrected chi connectivity index (χ4v) is 13.7. The van der Waals surface area contributed by atoms with Crippen molar-refractivity contribution < 1.29 is 26.7 Å². The first-order chi connectivity index (χ1) is 12.6. The molecule has 2 unspecified atom stereocenters. The SMILES string of the molecule is CCCC1=C(C)C(C)=C(C)[C]1(C)[Zr]([F])([F])[CH]1C(C(C)C)=Cc2ccccc21. The van der Waals surface area contributed by atoms with E-state index >= 15 is 5.25 Å². The number of halogens is 2. The quantitative estimate of drug-likeness (QED) is 0.423. The molecule has 0 nitrogen and oxygen atoms in total. The van der Waals surface area contributed by atoms with Crippen LogP contribution >= 0.6 is 0 Å². The van der Waals surface area contributed by atoms with Gasteiger partial charge in [-0.1, -0.05) is 0 Å². The Morgan fingerprint density at radius 1 is 1.07 bits per heavy atom. The predicted octanol–water partition coefficient (Wildman–Crippen LogP) is 8.35. The van der Waals surface area contributed by atoms with Gasteiger partial charge < -0.3 is 0 Å². The molecule has 0 aliphatic heterocycles. The Morgan fingerprint density at radius 3 is 2.30 bits per heavy atom. The van der Waals surface area contributed by atoms with Gasteiger partial charge in [-0.3, -0.25) is 0 Å². The number of allylic oxidation sites excluding steroid dienone is 5. The zero-order valence-electron chi connectivity index (χ0n) is 17.7. The number of benzene rings is 1. The van der Waals surface area contributed by atoms with Gasteiger partial charge in [0.05, 0.1) is 0 Å². The molecule has 3 rings (SSSR count). The van der Waals surface area contributed by atoms with E-state index in [0.717, 1.165) is 51.8 Å². The van der Waals surface area contributed by atoms with Crippen molar-refractivity contribution >= 4 is 6.08 Å². The molecule has 0 saturated carbocycles. The third-order valence-electron chi connectivity index (χ3n) is 7.09. The Morgan fingerprint density at radius 2 is 1.70 bits per heavy atom. The molecule has 0 amide bonds. The summed E-state index contributed by atoms with van der Waals surface area (Å²) in [4.78, 5) is 0. The van der Waals surface area contributed by atoms with Gasteiger partial charge >= 0.3 is 170 Å². The predicted molar refractivity (Wildman–Crippen MR) is 109 cm³/mol. The van der Waals surface area contributed by atoms with Crippen molar-refractivity contribution in [3.8, 4) is 0 Å². The molecule has 0 aromatic heterocycles. The van der Waals surface area contributed by atoms with Crippen molar-refractivity contribution in [2.45, 2.75) is 68.1 Å². The Labute approximate surface area is 169 Å². The number of fused-ring (bicyclic) bond motifs is 1. The van der Waals surface area contributed by atoms with E-state index < -0.39 is 28.2 Å². The molecule has 1 aromatic rings. The van der Waals surface area contributed by atoms with Crippen molar-refractivity contribution in [2.24, 2.45) is 5.92 Å². The van der Waals surface area contributed by atoms with Gasteiger partial charge in [0.2, 0.25) is 0 Å². The van der Waals surface area contributed by atoms with Crippen molar-refractivity contribution in [3.63, 3.8) is 0 Å². The maximum atomic E-state index is 16.8. The Bertz CT molecular complexity index is 857. The van der Waals surface area contributed by atoms with Gasteiger partial charge in [0.15, 0.2) is 0 Å². The molecule has 27 heavy (non-hydrogen) atoms. The molecule has 1 aromatic carbocycles. The van der Waals surface area contributed by atoms with Crippen molar-refractivity contribution in [3.05, 3.63) is 63.3 Å². The van der Waals surface area contributed by atoms with Gasteiger partial charge in [-0.25, -0.2) is 0 Å². The number of hydrogen-bond acceptors (Lipinski definition) is 0. The number of rotatable bonds is 5. The molecular formula is C24H32F2Zr. The molecule has 146 valence electrons. The van der Waals surface area contributed by atoms with Crippen LogP contribution in [0.2, 0.25) is 3.12 Å². The molecule has 0 N–H and O–H groups in total. The maximum absolute atomic E-state index is 16.8. The van der Waals surface area contributed by atoms with Crippen LogP contribution in [0.15, 0.2) is 52.1 Å². The average Bonchev–Trinajstić information content (AvgIpc) is 3.10. The van der Waals surface area contributed by atoms with Gasteiger partial charge in [-0.15, -0.1) is 0 Å². The summed E-state index contributed by atoms with van der Waals surface area (Å²) in [6, 6.07) is 7.82. The molecule has 0 spiro atoms. The second-order valence-corrected chi connectivity index (χ2v) is 15.7. The van der Waals surface area contributed by atoms with Crippen LogP contribution in [0.5, 0.6) is 0 Å². The second kappa shape index (κ2) is 7.21. The number of hydrogen-bond donors (Lipinski definition) is 0. The van der Waals surface area contributed by atoms with E-state index in [-0.39, 0.29) is 5.92 Å². The minimum atomic E-state index is -5.73. The zero-order valence-corrected chi connectivity index (χ0v) is 20.2. The van der Waals surface area contributed by atoms with Crippen LogP contribution in [0, 0.1) is 5.92 Å². The summed E-state index contributed by atoms with van der Waals surface area (Å²) in [5.74, 6) is 0.139. The Kier molecular flexibility index (Phi) is 5.59. The Hall–Kier alpha value is -0.817. The third kappa shape index (κ3) is 2.91. The fraction of sp³-hybridized carbons (Fsp3) is 0.500. The summed E-state index contributed by atoms with van der Waals surface area (Å²) in [6.45, 7) is 14.2. The first kappa shape index (κ1) is 20.9. The van der Waals surface area contributed by atoms with E-state index in [4.69, 9.17) is 0 Å². The molecule has 0 heterocycles. The topological polar surface area (TPSA) is 0 Å². The molecule has 2 atom stereocenters. The van der Waals surface area contributed by atoms with Gasteiger partial charge in [0, 0.05) is 0 Å². The third-order valence-corrected chi connectivity index (χ3v) is 15.4. The second-order valence-electron chi connectivity index (χ2n) is 8.71. The van der Waals surface area contributed by atoms with Crippen molar-refractivity contribution in [1.29, 1.82) is 0 Å². The van der Waals surface area contributed by atoms with E-state index in [0.29, 0.717) is 0 Å². The molecule has 0 radical (unpaired) electrons. The van der Waals surface area contributed by atoms with E-state index in [1.165, 1.54) is 0 Å². The standard InChI is InChI=1S/C12H13.C12H19.2FH.Zr/c1-9(2)12-7-10-5-3-4-6-11(10)8-12;1-6-7-12-10(4)8(2)9(3)11(12)5;;;/h3-9H,1-2H3;6-7H2,1-5H3;2*1H;/q;;;;+2/p-2.